The summed E-state index contributed by atoms with van der Waals surface area (Å²) in [5.41, 5.74) is 24.0. The van der Waals surface area contributed by atoms with Crippen LogP contribution in [0.3, 0.4) is 0 Å². The van der Waals surface area contributed by atoms with E-state index in [1.165, 1.54) is 112 Å². The van der Waals surface area contributed by atoms with Gasteiger partial charge in [0.15, 0.2) is 0 Å². The second kappa shape index (κ2) is 12.1. The van der Waals surface area contributed by atoms with Gasteiger partial charge in [-0.3, -0.25) is 0 Å². The molecule has 0 saturated heterocycles. The first kappa shape index (κ1) is 33.7. The van der Waals surface area contributed by atoms with Crippen LogP contribution in [0.15, 0.2) is 158 Å². The summed E-state index contributed by atoms with van der Waals surface area (Å²) in [6.07, 6.45) is 4.18. The van der Waals surface area contributed by atoms with Gasteiger partial charge in [-0.15, -0.1) is 0 Å². The Morgan fingerprint density at radius 1 is 0.345 bits per heavy atom. The SMILES string of the molecule is CC1(C)c2cc(N3c4ccccc4CCc4ccccc43)ccc2-c2c1ccc1c3c(ccc21)C(C)(C)c1cc(N2c4ccccc4CCc4ccccc42)ccc1-3. The Bertz CT molecular complexity index is 2730. The van der Waals surface area contributed by atoms with Crippen LogP contribution in [0.4, 0.5) is 34.1 Å². The van der Waals surface area contributed by atoms with E-state index in [0.717, 1.165) is 25.7 Å². The lowest BCUT2D eigenvalue weighted by molar-refractivity contribution is 0.660. The Balaban J connectivity index is 1.01. The number of nitrogens with zero attached hydrogens (tertiary/aromatic N) is 2. The zero-order valence-electron chi connectivity index (χ0n) is 33.7. The molecule has 58 heavy (non-hydrogen) atoms. The number of hydrogen-bond acceptors (Lipinski definition) is 2. The molecule has 12 rings (SSSR count). The van der Waals surface area contributed by atoms with Crippen molar-refractivity contribution in [1.29, 1.82) is 0 Å². The van der Waals surface area contributed by atoms with Crippen LogP contribution in [0.2, 0.25) is 0 Å². The lowest BCUT2D eigenvalue weighted by atomic mass is 9.80. The number of rotatable bonds is 2. The van der Waals surface area contributed by atoms with Crippen LogP contribution in [0.1, 0.15) is 72.2 Å². The van der Waals surface area contributed by atoms with E-state index >= 15 is 0 Å². The minimum atomic E-state index is -0.148. The molecule has 280 valence electrons. The van der Waals surface area contributed by atoms with Crippen molar-refractivity contribution in [1.82, 2.24) is 0 Å². The molecule has 2 heteroatoms. The summed E-state index contributed by atoms with van der Waals surface area (Å²) in [4.78, 5) is 5.02. The summed E-state index contributed by atoms with van der Waals surface area (Å²) in [6.45, 7) is 9.68. The number of anilines is 6. The van der Waals surface area contributed by atoms with Gasteiger partial charge in [0.1, 0.15) is 0 Å². The molecule has 8 aromatic carbocycles. The fraction of sp³-hybridized carbons (Fsp3) is 0.179. The fourth-order valence-electron chi connectivity index (χ4n) is 11.2. The molecule has 2 nitrogen and oxygen atoms in total. The first-order valence-corrected chi connectivity index (χ1v) is 21.1. The number of fused-ring (bicyclic) bond motifs is 13. The minimum absolute atomic E-state index is 0.148. The van der Waals surface area contributed by atoms with E-state index in [1.807, 2.05) is 0 Å². The van der Waals surface area contributed by atoms with E-state index < -0.39 is 0 Å². The van der Waals surface area contributed by atoms with Crippen molar-refractivity contribution in [3.8, 4) is 22.3 Å². The summed E-state index contributed by atoms with van der Waals surface area (Å²) in [5, 5.41) is 2.70. The largest absolute Gasteiger partial charge is 0.310 e. The van der Waals surface area contributed by atoms with Gasteiger partial charge in [0.2, 0.25) is 0 Å². The van der Waals surface area contributed by atoms with Crippen LogP contribution in [-0.4, -0.2) is 0 Å². The molecule has 0 spiro atoms. The summed E-state index contributed by atoms with van der Waals surface area (Å²) in [7, 11) is 0. The quantitative estimate of drug-likeness (QED) is 0.174. The highest BCUT2D eigenvalue weighted by Gasteiger charge is 2.41. The molecule has 0 unspecified atom stereocenters. The summed E-state index contributed by atoms with van der Waals surface area (Å²) in [5.74, 6) is 0. The Kier molecular flexibility index (Phi) is 7.02. The van der Waals surface area contributed by atoms with Crippen LogP contribution in [0, 0.1) is 0 Å². The second-order valence-corrected chi connectivity index (χ2v) is 18.0. The standard InChI is InChI=1S/C56H46N2/c1-55(2)45-31-29-42-41(53(45)43-27-25-39(33-47(43)55)57-49-17-9-5-13-35(49)21-22-36-14-6-10-18-50(36)57)30-32-46-54(42)44-28-26-40(34-48(44)56(46,3)4)58-51-19-11-7-15-37(51)23-24-38-16-8-12-20-52(38)58/h5-20,25-34H,21-24H2,1-4H3. The van der Waals surface area contributed by atoms with Crippen LogP contribution >= 0.6 is 0 Å². The lowest BCUT2D eigenvalue weighted by Gasteiger charge is -2.29. The molecule has 0 aromatic heterocycles. The van der Waals surface area contributed by atoms with Gasteiger partial charge in [0, 0.05) is 45.0 Å². The normalized spacial score (nSPS) is 16.2. The zero-order chi connectivity index (χ0) is 38.9. The van der Waals surface area contributed by atoms with Gasteiger partial charge < -0.3 is 9.80 Å². The van der Waals surface area contributed by atoms with Gasteiger partial charge in [0.25, 0.3) is 0 Å². The highest BCUT2D eigenvalue weighted by atomic mass is 15.2. The molecule has 4 aliphatic rings. The maximum Gasteiger partial charge on any atom is 0.0493 e. The molecule has 2 aliphatic heterocycles. The third-order valence-electron chi connectivity index (χ3n) is 14.2. The van der Waals surface area contributed by atoms with E-state index in [0.29, 0.717) is 0 Å². The van der Waals surface area contributed by atoms with Crippen molar-refractivity contribution in [2.75, 3.05) is 9.80 Å². The average Bonchev–Trinajstić information content (AvgIpc) is 3.44. The van der Waals surface area contributed by atoms with E-state index in [4.69, 9.17) is 0 Å². The molecule has 8 aromatic rings. The first-order valence-electron chi connectivity index (χ1n) is 21.1. The molecule has 0 N–H and O–H groups in total. The van der Waals surface area contributed by atoms with Crippen molar-refractivity contribution in [3.05, 3.63) is 202 Å². The van der Waals surface area contributed by atoms with Gasteiger partial charge in [-0.25, -0.2) is 0 Å². The van der Waals surface area contributed by atoms with Gasteiger partial charge in [-0.2, -0.15) is 0 Å². The predicted octanol–water partition coefficient (Wildman–Crippen LogP) is 14.6. The van der Waals surface area contributed by atoms with Crippen LogP contribution < -0.4 is 9.80 Å². The molecule has 2 aliphatic carbocycles. The van der Waals surface area contributed by atoms with E-state index in [1.54, 1.807) is 0 Å². The number of aryl methyl sites for hydroxylation is 4. The summed E-state index contributed by atoms with van der Waals surface area (Å²) >= 11 is 0. The van der Waals surface area contributed by atoms with Crippen molar-refractivity contribution in [2.24, 2.45) is 0 Å². The Labute approximate surface area is 342 Å². The van der Waals surface area contributed by atoms with Gasteiger partial charge in [0.05, 0.1) is 0 Å². The summed E-state index contributed by atoms with van der Waals surface area (Å²) in [6, 6.07) is 60.2. The predicted molar refractivity (Wildman–Crippen MR) is 243 cm³/mol. The molecule has 0 bridgehead atoms. The number of benzene rings is 8. The van der Waals surface area contributed by atoms with Gasteiger partial charge >= 0.3 is 0 Å². The average molecular weight is 747 g/mol. The summed E-state index contributed by atoms with van der Waals surface area (Å²) < 4.78 is 0. The van der Waals surface area contributed by atoms with Crippen LogP contribution in [0.5, 0.6) is 0 Å². The van der Waals surface area contributed by atoms with Crippen molar-refractivity contribution < 1.29 is 0 Å². The Morgan fingerprint density at radius 3 is 1.02 bits per heavy atom. The van der Waals surface area contributed by atoms with Crippen LogP contribution in [0.25, 0.3) is 33.0 Å². The fourth-order valence-corrected chi connectivity index (χ4v) is 11.2. The first-order chi connectivity index (χ1) is 28.3. The molecule has 0 amide bonds. The number of para-hydroxylation sites is 4. The van der Waals surface area contributed by atoms with Gasteiger partial charge in [-0.05, 0) is 152 Å². The topological polar surface area (TPSA) is 6.48 Å². The lowest BCUT2D eigenvalue weighted by Crippen LogP contribution is -2.17. The zero-order valence-corrected chi connectivity index (χ0v) is 33.7. The van der Waals surface area contributed by atoms with Crippen molar-refractivity contribution >= 4 is 44.9 Å². The molecule has 0 radical (unpaired) electrons. The smallest absolute Gasteiger partial charge is 0.0493 e. The third kappa shape index (κ3) is 4.60. The highest BCUT2D eigenvalue weighted by Crippen LogP contribution is 2.58. The highest BCUT2D eigenvalue weighted by molar-refractivity contribution is 6.11. The molecular weight excluding hydrogens is 701 g/mol. The molecule has 0 atom stereocenters. The molecule has 0 saturated carbocycles. The minimum Gasteiger partial charge on any atom is -0.310 e. The maximum absolute atomic E-state index is 2.51. The van der Waals surface area contributed by atoms with Crippen molar-refractivity contribution in [3.63, 3.8) is 0 Å². The molecule has 0 fully saturated rings. The Morgan fingerprint density at radius 2 is 0.672 bits per heavy atom. The van der Waals surface area contributed by atoms with E-state index in [-0.39, 0.29) is 10.8 Å². The van der Waals surface area contributed by atoms with Crippen molar-refractivity contribution in [2.45, 2.75) is 64.2 Å². The van der Waals surface area contributed by atoms with Crippen LogP contribution in [-0.2, 0) is 36.5 Å². The third-order valence-corrected chi connectivity index (χ3v) is 14.2. The Hall–Kier alpha value is -6.38. The maximum atomic E-state index is 2.51. The van der Waals surface area contributed by atoms with E-state index in [2.05, 4.69) is 195 Å². The molecule has 2 heterocycles. The monoisotopic (exact) mass is 746 g/mol. The van der Waals surface area contributed by atoms with E-state index in [9.17, 15) is 0 Å². The molecular formula is C56H46N2. The number of hydrogen-bond donors (Lipinski definition) is 0. The van der Waals surface area contributed by atoms with Gasteiger partial charge in [-0.1, -0.05) is 137 Å². The second-order valence-electron chi connectivity index (χ2n) is 18.0.